The molecular formula is C22H24N2O3. The molecule has 0 saturated carbocycles. The largest absolute Gasteiger partial charge is 0.490 e. The van der Waals surface area contributed by atoms with E-state index >= 15 is 0 Å². The van der Waals surface area contributed by atoms with Crippen LogP contribution in [0.2, 0.25) is 0 Å². The zero-order chi connectivity index (χ0) is 19.2. The summed E-state index contributed by atoms with van der Waals surface area (Å²) < 4.78 is 13.3. The van der Waals surface area contributed by atoms with Gasteiger partial charge in [0, 0.05) is 17.6 Å². The highest BCUT2D eigenvalue weighted by atomic mass is 16.5. The molecule has 0 aliphatic heterocycles. The smallest absolute Gasteiger partial charge is 0.340 e. The lowest BCUT2D eigenvalue weighted by molar-refractivity contribution is 0.0502. The number of nitriles is 1. The molecule has 3 aromatic rings. The zero-order valence-corrected chi connectivity index (χ0v) is 15.8. The van der Waals surface area contributed by atoms with Crippen LogP contribution in [0.15, 0.2) is 42.6 Å². The molecule has 1 atom stereocenters. The molecule has 0 radical (unpaired) electrons. The van der Waals surface area contributed by atoms with Crippen LogP contribution in [0.4, 0.5) is 0 Å². The Morgan fingerprint density at radius 3 is 2.85 bits per heavy atom. The lowest BCUT2D eigenvalue weighted by Gasteiger charge is -2.11. The van der Waals surface area contributed by atoms with Gasteiger partial charge in [-0.15, -0.1) is 0 Å². The third kappa shape index (κ3) is 4.06. The van der Waals surface area contributed by atoms with E-state index in [1.165, 1.54) is 0 Å². The molecule has 0 aliphatic rings. The van der Waals surface area contributed by atoms with Crippen LogP contribution in [0.25, 0.3) is 16.4 Å². The quantitative estimate of drug-likeness (QED) is 0.411. The Balaban J connectivity index is 1.98. The molecule has 0 fully saturated rings. The lowest BCUT2D eigenvalue weighted by Crippen LogP contribution is -2.10. The molecule has 0 saturated heterocycles. The molecule has 1 aromatic carbocycles. The molecule has 140 valence electrons. The predicted octanol–water partition coefficient (Wildman–Crippen LogP) is 5.12. The zero-order valence-electron chi connectivity index (χ0n) is 15.8. The first kappa shape index (κ1) is 18.8. The van der Waals surface area contributed by atoms with Gasteiger partial charge in [0.1, 0.15) is 11.9 Å². The first-order valence-electron chi connectivity index (χ1n) is 9.39. The second-order valence-corrected chi connectivity index (χ2v) is 6.64. The number of pyridine rings is 1. The van der Waals surface area contributed by atoms with Gasteiger partial charge in [0.2, 0.25) is 0 Å². The summed E-state index contributed by atoms with van der Waals surface area (Å²) in [4.78, 5) is 12.7. The minimum Gasteiger partial charge on any atom is -0.490 e. The molecule has 3 rings (SSSR count). The summed E-state index contributed by atoms with van der Waals surface area (Å²) in [5.41, 5.74) is 2.28. The molecule has 5 nitrogen and oxygen atoms in total. The van der Waals surface area contributed by atoms with Crippen LogP contribution in [0.3, 0.4) is 0 Å². The highest BCUT2D eigenvalue weighted by molar-refractivity contribution is 6.11. The molecule has 27 heavy (non-hydrogen) atoms. The van der Waals surface area contributed by atoms with Crippen molar-refractivity contribution in [3.63, 3.8) is 0 Å². The number of unbranched alkanes of at least 4 members (excludes halogenated alkanes) is 2. The normalized spacial score (nSPS) is 12.0. The number of esters is 1. The standard InChI is InChI=1S/C22H24N2O3/c1-3-4-7-14-26-22(25)21-18-10-9-17(27-16(2)11-12-23)15-20(18)24-13-6-5-8-19(21)24/h5-6,8-10,13,15-16H,3-4,7,11,14H2,1-2H3. The van der Waals surface area contributed by atoms with E-state index in [4.69, 9.17) is 14.7 Å². The van der Waals surface area contributed by atoms with E-state index in [0.717, 1.165) is 35.7 Å². The number of carbonyl (C=O) groups is 1. The Bertz CT molecular complexity index is 984. The monoisotopic (exact) mass is 364 g/mol. The van der Waals surface area contributed by atoms with Gasteiger partial charge < -0.3 is 13.9 Å². The maximum atomic E-state index is 12.7. The van der Waals surface area contributed by atoms with Crippen LogP contribution in [0.1, 0.15) is 49.9 Å². The van der Waals surface area contributed by atoms with E-state index in [1.807, 2.05) is 53.9 Å². The van der Waals surface area contributed by atoms with Crippen LogP contribution >= 0.6 is 0 Å². The Morgan fingerprint density at radius 2 is 2.07 bits per heavy atom. The van der Waals surface area contributed by atoms with Gasteiger partial charge >= 0.3 is 5.97 Å². The van der Waals surface area contributed by atoms with E-state index < -0.39 is 0 Å². The number of rotatable bonds is 8. The Kier molecular flexibility index (Phi) is 5.97. The highest BCUT2D eigenvalue weighted by Gasteiger charge is 2.20. The van der Waals surface area contributed by atoms with Crippen molar-refractivity contribution in [3.8, 4) is 11.8 Å². The van der Waals surface area contributed by atoms with Gasteiger partial charge in [-0.3, -0.25) is 0 Å². The molecule has 0 N–H and O–H groups in total. The first-order valence-corrected chi connectivity index (χ1v) is 9.39. The van der Waals surface area contributed by atoms with E-state index in [2.05, 4.69) is 13.0 Å². The molecule has 2 aromatic heterocycles. The maximum Gasteiger partial charge on any atom is 0.340 e. The lowest BCUT2D eigenvalue weighted by atomic mass is 10.1. The number of hydrogen-bond acceptors (Lipinski definition) is 4. The fourth-order valence-corrected chi connectivity index (χ4v) is 3.20. The van der Waals surface area contributed by atoms with Gasteiger partial charge in [-0.25, -0.2) is 4.79 Å². The van der Waals surface area contributed by atoms with Crippen LogP contribution in [-0.2, 0) is 4.74 Å². The van der Waals surface area contributed by atoms with Gasteiger partial charge in [0.25, 0.3) is 0 Å². The van der Waals surface area contributed by atoms with Gasteiger partial charge in [-0.1, -0.05) is 25.8 Å². The molecule has 2 heterocycles. The minimum atomic E-state index is -0.295. The summed E-state index contributed by atoms with van der Waals surface area (Å²) in [6.45, 7) is 4.42. The highest BCUT2D eigenvalue weighted by Crippen LogP contribution is 2.30. The van der Waals surface area contributed by atoms with Crippen LogP contribution in [0, 0.1) is 11.3 Å². The molecule has 1 unspecified atom stereocenters. The average Bonchev–Trinajstić information content (AvgIpc) is 2.99. The Morgan fingerprint density at radius 1 is 1.22 bits per heavy atom. The molecule has 0 spiro atoms. The summed E-state index contributed by atoms with van der Waals surface area (Å²) in [6, 6.07) is 13.5. The van der Waals surface area contributed by atoms with Gasteiger partial charge in [-0.2, -0.15) is 5.26 Å². The topological polar surface area (TPSA) is 63.7 Å². The van der Waals surface area contributed by atoms with E-state index in [9.17, 15) is 4.79 Å². The average molecular weight is 364 g/mol. The number of nitrogens with zero attached hydrogens (tertiary/aromatic N) is 2. The van der Waals surface area contributed by atoms with Crippen LogP contribution in [-0.4, -0.2) is 23.1 Å². The van der Waals surface area contributed by atoms with Crippen molar-refractivity contribution in [1.82, 2.24) is 4.40 Å². The number of carbonyl (C=O) groups excluding carboxylic acids is 1. The van der Waals surface area contributed by atoms with Crippen molar-refractivity contribution in [3.05, 3.63) is 48.2 Å². The van der Waals surface area contributed by atoms with Crippen molar-refractivity contribution < 1.29 is 14.3 Å². The van der Waals surface area contributed by atoms with Crippen molar-refractivity contribution in [2.75, 3.05) is 6.61 Å². The van der Waals surface area contributed by atoms with E-state index in [0.29, 0.717) is 24.3 Å². The van der Waals surface area contributed by atoms with Crippen molar-refractivity contribution in [1.29, 1.82) is 5.26 Å². The molecule has 0 bridgehead atoms. The number of benzene rings is 1. The number of fused-ring (bicyclic) bond motifs is 3. The number of hydrogen-bond donors (Lipinski definition) is 0. The number of ether oxygens (including phenoxy) is 2. The maximum absolute atomic E-state index is 12.7. The molecule has 0 amide bonds. The van der Waals surface area contributed by atoms with Gasteiger partial charge in [0.15, 0.2) is 0 Å². The predicted molar refractivity (Wildman–Crippen MR) is 105 cm³/mol. The summed E-state index contributed by atoms with van der Waals surface area (Å²) in [6.07, 6.45) is 5.06. The Hall–Kier alpha value is -3.00. The summed E-state index contributed by atoms with van der Waals surface area (Å²) in [5, 5.41) is 9.65. The third-order valence-corrected chi connectivity index (χ3v) is 4.52. The second-order valence-electron chi connectivity index (χ2n) is 6.64. The van der Waals surface area contributed by atoms with E-state index in [1.54, 1.807) is 0 Å². The van der Waals surface area contributed by atoms with Gasteiger partial charge in [-0.05, 0) is 37.6 Å². The van der Waals surface area contributed by atoms with Crippen LogP contribution in [0.5, 0.6) is 5.75 Å². The minimum absolute atomic E-state index is 0.193. The van der Waals surface area contributed by atoms with Crippen LogP contribution < -0.4 is 4.74 Å². The van der Waals surface area contributed by atoms with Gasteiger partial charge in [0.05, 0.1) is 35.7 Å². The SMILES string of the molecule is CCCCCOC(=O)c1c2ccc(OC(C)CC#N)cc2n2ccccc12. The van der Waals surface area contributed by atoms with Crippen molar-refractivity contribution in [2.24, 2.45) is 0 Å². The van der Waals surface area contributed by atoms with Crippen molar-refractivity contribution in [2.45, 2.75) is 45.6 Å². The fourth-order valence-electron chi connectivity index (χ4n) is 3.20. The fraction of sp³-hybridized carbons (Fsp3) is 0.364. The molecule has 5 heteroatoms. The molecular weight excluding hydrogens is 340 g/mol. The Labute approximate surface area is 159 Å². The number of aromatic nitrogens is 1. The molecule has 0 aliphatic carbocycles. The van der Waals surface area contributed by atoms with Crippen molar-refractivity contribution >= 4 is 22.4 Å². The summed E-state index contributed by atoms with van der Waals surface area (Å²) in [7, 11) is 0. The van der Waals surface area contributed by atoms with E-state index in [-0.39, 0.29) is 12.1 Å². The summed E-state index contributed by atoms with van der Waals surface area (Å²) in [5.74, 6) is 0.382. The second kappa shape index (κ2) is 8.59. The third-order valence-electron chi connectivity index (χ3n) is 4.52. The summed E-state index contributed by atoms with van der Waals surface area (Å²) >= 11 is 0. The first-order chi connectivity index (χ1) is 13.2.